The van der Waals surface area contributed by atoms with Crippen LogP contribution in [0.1, 0.15) is 46.5 Å². The Bertz CT molecular complexity index is 472. The maximum Gasteiger partial charge on any atom is 0.305 e. The van der Waals surface area contributed by atoms with Crippen molar-refractivity contribution >= 4 is 29.2 Å². The Hall–Kier alpha value is -1.41. The Morgan fingerprint density at radius 2 is 1.73 bits per heavy atom. The summed E-state index contributed by atoms with van der Waals surface area (Å²) >= 11 is 5.45. The predicted octanol–water partition coefficient (Wildman–Crippen LogP) is 1.13. The minimum Gasteiger partial charge on any atom is -0.469 e. The van der Waals surface area contributed by atoms with E-state index < -0.39 is 0 Å². The van der Waals surface area contributed by atoms with E-state index in [1.165, 1.54) is 7.11 Å². The summed E-state index contributed by atoms with van der Waals surface area (Å²) in [6.45, 7) is 10.5. The predicted molar refractivity (Wildman–Crippen MR) is 107 cm³/mol. The van der Waals surface area contributed by atoms with Gasteiger partial charge < -0.3 is 20.3 Å². The van der Waals surface area contributed by atoms with Crippen LogP contribution in [-0.2, 0) is 14.3 Å². The lowest BCUT2D eigenvalue weighted by Gasteiger charge is -2.36. The van der Waals surface area contributed by atoms with Gasteiger partial charge in [0.25, 0.3) is 0 Å². The molecule has 0 unspecified atom stereocenters. The van der Waals surface area contributed by atoms with Gasteiger partial charge in [0.2, 0.25) is 5.91 Å². The van der Waals surface area contributed by atoms with Gasteiger partial charge in [0.05, 0.1) is 13.7 Å². The summed E-state index contributed by atoms with van der Waals surface area (Å²) in [7, 11) is 1.42. The Balaban J connectivity index is 2.13. The molecule has 7 nitrogen and oxygen atoms in total. The summed E-state index contributed by atoms with van der Waals surface area (Å²) in [6, 6.07) is 0. The molecule has 1 aliphatic rings. The quantitative estimate of drug-likeness (QED) is 0.368. The monoisotopic (exact) mass is 386 g/mol. The summed E-state index contributed by atoms with van der Waals surface area (Å²) in [5.41, 5.74) is -0.193. The second kappa shape index (κ2) is 11.3. The number of unbranched alkanes of at least 4 members (excludes halogenated alkanes) is 2. The fourth-order valence-electron chi connectivity index (χ4n) is 2.75. The molecule has 1 aliphatic heterocycles. The van der Waals surface area contributed by atoms with Crippen molar-refractivity contribution in [1.82, 2.24) is 20.4 Å². The van der Waals surface area contributed by atoms with Crippen LogP contribution in [0, 0.1) is 0 Å². The van der Waals surface area contributed by atoms with Crippen LogP contribution in [-0.4, -0.2) is 78.7 Å². The molecule has 0 spiro atoms. The third-order valence-electron chi connectivity index (χ3n) is 4.10. The molecule has 0 aliphatic carbocycles. The second-order valence-corrected chi connectivity index (χ2v) is 8.07. The SMILES string of the molecule is COC(=O)CCCCCNC(=S)N1CCN(CC(=O)NC(C)(C)C)CC1. The average Bonchev–Trinajstić information content (AvgIpc) is 2.56. The molecule has 1 fully saturated rings. The first kappa shape index (κ1) is 22.6. The normalized spacial score (nSPS) is 15.5. The highest BCUT2D eigenvalue weighted by Gasteiger charge is 2.22. The highest BCUT2D eigenvalue weighted by atomic mass is 32.1. The zero-order chi connectivity index (χ0) is 19.6. The van der Waals surface area contributed by atoms with E-state index in [-0.39, 0.29) is 17.4 Å². The number of amides is 1. The molecule has 8 heteroatoms. The average molecular weight is 387 g/mol. The highest BCUT2D eigenvalue weighted by Crippen LogP contribution is 2.05. The second-order valence-electron chi connectivity index (χ2n) is 7.68. The molecule has 1 rings (SSSR count). The van der Waals surface area contributed by atoms with Gasteiger partial charge in [0, 0.05) is 44.7 Å². The van der Waals surface area contributed by atoms with Crippen molar-refractivity contribution in [2.45, 2.75) is 52.0 Å². The van der Waals surface area contributed by atoms with Gasteiger partial charge in [-0.3, -0.25) is 14.5 Å². The molecule has 150 valence electrons. The van der Waals surface area contributed by atoms with Crippen LogP contribution in [0.15, 0.2) is 0 Å². The molecule has 0 bridgehead atoms. The third kappa shape index (κ3) is 9.91. The van der Waals surface area contributed by atoms with E-state index in [1.807, 2.05) is 20.8 Å². The minimum absolute atomic E-state index is 0.0682. The van der Waals surface area contributed by atoms with Gasteiger partial charge in [0.1, 0.15) is 0 Å². The Labute approximate surface area is 162 Å². The van der Waals surface area contributed by atoms with Crippen LogP contribution in [0.4, 0.5) is 0 Å². The van der Waals surface area contributed by atoms with E-state index in [2.05, 4.69) is 25.2 Å². The number of hydrogen-bond acceptors (Lipinski definition) is 5. The zero-order valence-electron chi connectivity index (χ0n) is 16.6. The maximum atomic E-state index is 12.0. The number of carbonyl (C=O) groups excluding carboxylic acids is 2. The lowest BCUT2D eigenvalue weighted by molar-refractivity contribution is -0.140. The van der Waals surface area contributed by atoms with Crippen LogP contribution in [0.2, 0.25) is 0 Å². The first-order valence-corrected chi connectivity index (χ1v) is 9.75. The standard InChI is InChI=1S/C18H34N4O3S/c1-18(2,3)20-15(23)14-21-10-12-22(13-11-21)17(26)19-9-7-5-6-8-16(24)25-4/h5-14H2,1-4H3,(H,19,26)(H,20,23). The molecular formula is C18H34N4O3S. The number of thiocarbonyl (C=S) groups is 1. The Morgan fingerprint density at radius 3 is 2.31 bits per heavy atom. The largest absolute Gasteiger partial charge is 0.469 e. The van der Waals surface area contributed by atoms with Crippen molar-refractivity contribution in [1.29, 1.82) is 0 Å². The van der Waals surface area contributed by atoms with Gasteiger partial charge >= 0.3 is 5.97 Å². The number of methoxy groups -OCH3 is 1. The van der Waals surface area contributed by atoms with Crippen LogP contribution in [0.25, 0.3) is 0 Å². The lowest BCUT2D eigenvalue weighted by Crippen LogP contribution is -2.54. The molecule has 0 saturated carbocycles. The number of rotatable bonds is 8. The van der Waals surface area contributed by atoms with E-state index in [0.717, 1.165) is 57.1 Å². The van der Waals surface area contributed by atoms with Crippen molar-refractivity contribution in [2.75, 3.05) is 46.4 Å². The van der Waals surface area contributed by atoms with Gasteiger partial charge in [-0.1, -0.05) is 6.42 Å². The molecule has 1 saturated heterocycles. The van der Waals surface area contributed by atoms with Crippen LogP contribution >= 0.6 is 12.2 Å². The summed E-state index contributed by atoms with van der Waals surface area (Å²) in [6.07, 6.45) is 3.27. The Kier molecular flexibility index (Phi) is 9.87. The number of ether oxygens (including phenoxy) is 1. The van der Waals surface area contributed by atoms with E-state index in [9.17, 15) is 9.59 Å². The zero-order valence-corrected chi connectivity index (χ0v) is 17.4. The fraction of sp³-hybridized carbons (Fsp3) is 0.833. The summed E-state index contributed by atoms with van der Waals surface area (Å²) < 4.78 is 4.62. The number of carbonyl (C=O) groups is 2. The number of nitrogens with one attached hydrogen (secondary N) is 2. The number of esters is 1. The van der Waals surface area contributed by atoms with Crippen molar-refractivity contribution < 1.29 is 14.3 Å². The summed E-state index contributed by atoms with van der Waals surface area (Å²) in [5, 5.41) is 7.05. The number of piperazine rings is 1. The molecular weight excluding hydrogens is 352 g/mol. The number of nitrogens with zero attached hydrogens (tertiary/aromatic N) is 2. The molecule has 26 heavy (non-hydrogen) atoms. The van der Waals surface area contributed by atoms with E-state index in [0.29, 0.717) is 13.0 Å². The summed E-state index contributed by atoms with van der Waals surface area (Å²) in [4.78, 5) is 27.3. The molecule has 0 aromatic heterocycles. The first-order chi connectivity index (χ1) is 12.2. The number of hydrogen-bond donors (Lipinski definition) is 2. The first-order valence-electron chi connectivity index (χ1n) is 9.34. The van der Waals surface area contributed by atoms with E-state index in [4.69, 9.17) is 12.2 Å². The molecule has 1 amide bonds. The maximum absolute atomic E-state index is 12.0. The molecule has 0 radical (unpaired) electrons. The van der Waals surface area contributed by atoms with E-state index >= 15 is 0 Å². The third-order valence-corrected chi connectivity index (χ3v) is 4.51. The molecule has 0 aromatic carbocycles. The van der Waals surface area contributed by atoms with Gasteiger partial charge in [-0.25, -0.2) is 0 Å². The van der Waals surface area contributed by atoms with Gasteiger partial charge in [0.15, 0.2) is 5.11 Å². The minimum atomic E-state index is -0.193. The molecule has 0 aromatic rings. The van der Waals surface area contributed by atoms with Crippen LogP contribution in [0.5, 0.6) is 0 Å². The van der Waals surface area contributed by atoms with Crippen molar-refractivity contribution in [3.05, 3.63) is 0 Å². The smallest absolute Gasteiger partial charge is 0.305 e. The van der Waals surface area contributed by atoms with Gasteiger partial charge in [-0.2, -0.15) is 0 Å². The topological polar surface area (TPSA) is 73.9 Å². The van der Waals surface area contributed by atoms with Gasteiger partial charge in [-0.15, -0.1) is 0 Å². The molecule has 2 N–H and O–H groups in total. The van der Waals surface area contributed by atoms with Crippen molar-refractivity contribution in [2.24, 2.45) is 0 Å². The van der Waals surface area contributed by atoms with Crippen LogP contribution in [0.3, 0.4) is 0 Å². The van der Waals surface area contributed by atoms with Crippen molar-refractivity contribution in [3.8, 4) is 0 Å². The Morgan fingerprint density at radius 1 is 1.08 bits per heavy atom. The van der Waals surface area contributed by atoms with E-state index in [1.54, 1.807) is 0 Å². The molecule has 0 atom stereocenters. The highest BCUT2D eigenvalue weighted by molar-refractivity contribution is 7.80. The molecule has 1 heterocycles. The fourth-order valence-corrected chi connectivity index (χ4v) is 3.03. The van der Waals surface area contributed by atoms with Gasteiger partial charge in [-0.05, 0) is 45.8 Å². The summed E-state index contributed by atoms with van der Waals surface area (Å²) in [5.74, 6) is -0.0823. The van der Waals surface area contributed by atoms with Crippen molar-refractivity contribution in [3.63, 3.8) is 0 Å². The van der Waals surface area contributed by atoms with Crippen LogP contribution < -0.4 is 10.6 Å². The lowest BCUT2D eigenvalue weighted by atomic mass is 10.1.